The summed E-state index contributed by atoms with van der Waals surface area (Å²) in [5.74, 6) is -0.353. The average molecular weight is 181 g/mol. The summed E-state index contributed by atoms with van der Waals surface area (Å²) >= 11 is 0. The van der Waals surface area contributed by atoms with E-state index in [1.165, 1.54) is 6.07 Å². The van der Waals surface area contributed by atoms with Gasteiger partial charge in [-0.3, -0.25) is 4.79 Å². The molecule has 0 bridgehead atoms. The minimum Gasteiger partial charge on any atom is -0.373 e. The van der Waals surface area contributed by atoms with Gasteiger partial charge in [0.25, 0.3) is 0 Å². The molecule has 0 N–H and O–H groups in total. The molecule has 0 unspecified atom stereocenters. The van der Waals surface area contributed by atoms with E-state index >= 15 is 0 Å². The third kappa shape index (κ3) is 2.05. The Kier molecular flexibility index (Phi) is 3.01. The zero-order valence-electron chi connectivity index (χ0n) is 7.75. The van der Waals surface area contributed by atoms with Gasteiger partial charge in [0.2, 0.25) is 0 Å². The van der Waals surface area contributed by atoms with Crippen LogP contribution in [-0.4, -0.2) is 19.9 Å². The van der Waals surface area contributed by atoms with Gasteiger partial charge < -0.3 is 4.90 Å². The average Bonchev–Trinajstić information content (AvgIpc) is 2.16. The summed E-state index contributed by atoms with van der Waals surface area (Å²) in [5.41, 5.74) is 0.888. The molecule has 0 amide bonds. The van der Waals surface area contributed by atoms with Crippen molar-refractivity contribution in [3.8, 4) is 0 Å². The molecule has 13 heavy (non-hydrogen) atoms. The number of rotatable bonds is 3. The van der Waals surface area contributed by atoms with Gasteiger partial charge in [0, 0.05) is 19.2 Å². The van der Waals surface area contributed by atoms with Gasteiger partial charge in [0.15, 0.2) is 0 Å². The molecule has 0 aliphatic carbocycles. The zero-order chi connectivity index (χ0) is 9.84. The Labute approximate surface area is 77.0 Å². The first kappa shape index (κ1) is 9.71. The molecule has 0 aromatic heterocycles. The molecule has 0 atom stereocenters. The van der Waals surface area contributed by atoms with Gasteiger partial charge in [-0.15, -0.1) is 0 Å². The third-order valence-corrected chi connectivity index (χ3v) is 1.99. The maximum Gasteiger partial charge on any atom is 0.150 e. The molecule has 1 rings (SSSR count). The molecule has 0 radical (unpaired) electrons. The monoisotopic (exact) mass is 181 g/mol. The number of anilines is 1. The quantitative estimate of drug-likeness (QED) is 0.665. The van der Waals surface area contributed by atoms with E-state index in [2.05, 4.69) is 0 Å². The number of carbonyl (C=O) groups is 1. The number of aldehydes is 1. The molecular weight excluding hydrogens is 169 g/mol. The van der Waals surface area contributed by atoms with Crippen molar-refractivity contribution < 1.29 is 9.18 Å². The van der Waals surface area contributed by atoms with Crippen LogP contribution in [-0.2, 0) is 0 Å². The highest BCUT2D eigenvalue weighted by Gasteiger charge is 2.05. The smallest absolute Gasteiger partial charge is 0.150 e. The van der Waals surface area contributed by atoms with E-state index in [0.29, 0.717) is 17.5 Å². The lowest BCUT2D eigenvalue weighted by molar-refractivity contribution is 0.112. The minimum atomic E-state index is -0.353. The lowest BCUT2D eigenvalue weighted by atomic mass is 10.2. The van der Waals surface area contributed by atoms with Crippen LogP contribution in [0.3, 0.4) is 0 Å². The number of hydrogen-bond donors (Lipinski definition) is 0. The molecule has 0 saturated heterocycles. The van der Waals surface area contributed by atoms with Crippen molar-refractivity contribution in [1.29, 1.82) is 0 Å². The van der Waals surface area contributed by atoms with E-state index in [0.717, 1.165) is 6.54 Å². The SMILES string of the molecule is CCN(C)c1ccc(C=O)cc1F. The highest BCUT2D eigenvalue weighted by Crippen LogP contribution is 2.18. The standard InChI is InChI=1S/C10H12FNO/c1-3-12(2)10-5-4-8(7-13)6-9(10)11/h4-7H,3H2,1-2H3. The number of halogens is 1. The molecule has 0 aliphatic heterocycles. The van der Waals surface area contributed by atoms with Crippen LogP contribution in [0.2, 0.25) is 0 Å². The van der Waals surface area contributed by atoms with E-state index < -0.39 is 0 Å². The molecule has 3 heteroatoms. The van der Waals surface area contributed by atoms with Crippen molar-refractivity contribution in [2.45, 2.75) is 6.92 Å². The van der Waals surface area contributed by atoms with Crippen molar-refractivity contribution in [2.24, 2.45) is 0 Å². The summed E-state index contributed by atoms with van der Waals surface area (Å²) in [6.45, 7) is 2.67. The predicted octanol–water partition coefficient (Wildman–Crippen LogP) is 2.09. The van der Waals surface area contributed by atoms with Crippen molar-refractivity contribution in [2.75, 3.05) is 18.5 Å². The lowest BCUT2D eigenvalue weighted by Crippen LogP contribution is -2.17. The fourth-order valence-corrected chi connectivity index (χ4v) is 1.08. The van der Waals surface area contributed by atoms with E-state index in [9.17, 15) is 9.18 Å². The van der Waals surface area contributed by atoms with E-state index in [1.54, 1.807) is 24.1 Å². The first-order valence-corrected chi connectivity index (χ1v) is 4.15. The fourth-order valence-electron chi connectivity index (χ4n) is 1.08. The van der Waals surface area contributed by atoms with Crippen LogP contribution < -0.4 is 4.90 Å². The van der Waals surface area contributed by atoms with Crippen LogP contribution in [0.25, 0.3) is 0 Å². The molecule has 1 aromatic carbocycles. The Morgan fingerprint density at radius 2 is 2.23 bits per heavy atom. The first-order chi connectivity index (χ1) is 6.19. The second-order valence-corrected chi connectivity index (χ2v) is 2.84. The van der Waals surface area contributed by atoms with Crippen LogP contribution in [0, 0.1) is 5.82 Å². The van der Waals surface area contributed by atoms with Crippen molar-refractivity contribution in [1.82, 2.24) is 0 Å². The molecule has 0 spiro atoms. The Morgan fingerprint density at radius 3 is 2.69 bits per heavy atom. The van der Waals surface area contributed by atoms with Gasteiger partial charge in [-0.2, -0.15) is 0 Å². The predicted molar refractivity (Wildman–Crippen MR) is 50.7 cm³/mol. The third-order valence-electron chi connectivity index (χ3n) is 1.99. The Hall–Kier alpha value is -1.38. The second-order valence-electron chi connectivity index (χ2n) is 2.84. The van der Waals surface area contributed by atoms with Crippen LogP contribution in [0.4, 0.5) is 10.1 Å². The molecule has 0 heterocycles. The molecule has 0 fully saturated rings. The molecular formula is C10H12FNO. The Balaban J connectivity index is 3.04. The van der Waals surface area contributed by atoms with E-state index in [4.69, 9.17) is 0 Å². The topological polar surface area (TPSA) is 20.3 Å². The van der Waals surface area contributed by atoms with Crippen LogP contribution in [0.1, 0.15) is 17.3 Å². The number of benzene rings is 1. The van der Waals surface area contributed by atoms with Crippen LogP contribution in [0.15, 0.2) is 18.2 Å². The van der Waals surface area contributed by atoms with Crippen LogP contribution in [0.5, 0.6) is 0 Å². The highest BCUT2D eigenvalue weighted by molar-refractivity contribution is 5.75. The van der Waals surface area contributed by atoms with Gasteiger partial charge in [-0.05, 0) is 25.1 Å². The summed E-state index contributed by atoms with van der Waals surface area (Å²) in [7, 11) is 1.80. The second kappa shape index (κ2) is 4.03. The molecule has 2 nitrogen and oxygen atoms in total. The molecule has 0 saturated carbocycles. The highest BCUT2D eigenvalue weighted by atomic mass is 19.1. The zero-order valence-corrected chi connectivity index (χ0v) is 7.75. The number of nitrogens with zero attached hydrogens (tertiary/aromatic N) is 1. The Morgan fingerprint density at radius 1 is 1.54 bits per heavy atom. The molecule has 70 valence electrons. The van der Waals surface area contributed by atoms with E-state index in [-0.39, 0.29) is 5.82 Å². The van der Waals surface area contributed by atoms with Crippen molar-refractivity contribution in [3.63, 3.8) is 0 Å². The fraction of sp³-hybridized carbons (Fsp3) is 0.300. The molecule has 0 aliphatic rings. The summed E-state index contributed by atoms with van der Waals surface area (Å²) in [6.07, 6.45) is 0.638. The maximum absolute atomic E-state index is 13.3. The Bertz CT molecular complexity index is 312. The van der Waals surface area contributed by atoms with Crippen molar-refractivity contribution in [3.05, 3.63) is 29.6 Å². The lowest BCUT2D eigenvalue weighted by Gasteiger charge is -2.17. The number of carbonyl (C=O) groups excluding carboxylic acids is 1. The maximum atomic E-state index is 13.3. The minimum absolute atomic E-state index is 0.353. The van der Waals surface area contributed by atoms with Crippen LogP contribution >= 0.6 is 0 Å². The summed E-state index contributed by atoms with van der Waals surface area (Å²) in [5, 5.41) is 0. The summed E-state index contributed by atoms with van der Waals surface area (Å²) in [6, 6.07) is 4.47. The van der Waals surface area contributed by atoms with Gasteiger partial charge in [-0.25, -0.2) is 4.39 Å². The van der Waals surface area contributed by atoms with Crippen molar-refractivity contribution >= 4 is 12.0 Å². The molecule has 1 aromatic rings. The van der Waals surface area contributed by atoms with Gasteiger partial charge in [-0.1, -0.05) is 0 Å². The number of hydrogen-bond acceptors (Lipinski definition) is 2. The van der Waals surface area contributed by atoms with E-state index in [1.807, 2.05) is 6.92 Å². The summed E-state index contributed by atoms with van der Waals surface area (Å²) < 4.78 is 13.3. The van der Waals surface area contributed by atoms with Gasteiger partial charge >= 0.3 is 0 Å². The summed E-state index contributed by atoms with van der Waals surface area (Å²) in [4.78, 5) is 12.1. The van der Waals surface area contributed by atoms with Gasteiger partial charge in [0.1, 0.15) is 12.1 Å². The first-order valence-electron chi connectivity index (χ1n) is 4.15. The largest absolute Gasteiger partial charge is 0.373 e. The normalized spacial score (nSPS) is 9.77. The van der Waals surface area contributed by atoms with Gasteiger partial charge in [0.05, 0.1) is 5.69 Å².